The van der Waals surface area contributed by atoms with Crippen LogP contribution in [0.1, 0.15) is 37.0 Å². The van der Waals surface area contributed by atoms with Gasteiger partial charge in [-0.1, -0.05) is 13.8 Å². The van der Waals surface area contributed by atoms with E-state index >= 15 is 0 Å². The number of carbonyl (C=O) groups is 1. The van der Waals surface area contributed by atoms with E-state index in [0.29, 0.717) is 11.8 Å². The monoisotopic (exact) mass is 314 g/mol. The van der Waals surface area contributed by atoms with Crippen LogP contribution in [-0.4, -0.2) is 34.1 Å². The van der Waals surface area contributed by atoms with Crippen molar-refractivity contribution in [2.24, 2.45) is 0 Å². The maximum Gasteiger partial charge on any atom is 0.335 e. The van der Waals surface area contributed by atoms with E-state index < -0.39 is 5.97 Å². The number of anilines is 3. The Morgan fingerprint density at radius 1 is 1.13 bits per heavy atom. The lowest BCUT2D eigenvalue weighted by Crippen LogP contribution is -2.26. The van der Waals surface area contributed by atoms with Crippen LogP contribution in [0.5, 0.6) is 0 Å². The number of aromatic carboxylic acids is 1. The number of carboxylic acid groups (broad SMARTS) is 1. The zero-order valence-electron chi connectivity index (χ0n) is 13.5. The second-order valence-corrected chi connectivity index (χ2v) is 5.24. The molecule has 0 bridgehead atoms. The maximum absolute atomic E-state index is 10.9. The topological polar surface area (TPSA) is 78.4 Å². The average molecular weight is 314 g/mol. The van der Waals surface area contributed by atoms with E-state index in [1.54, 1.807) is 36.5 Å². The molecular formula is C17H22N4O2. The Bertz CT molecular complexity index is 637. The fourth-order valence-corrected chi connectivity index (χ4v) is 2.27. The largest absolute Gasteiger partial charge is 0.478 e. The minimum atomic E-state index is -0.935. The summed E-state index contributed by atoms with van der Waals surface area (Å²) in [4.78, 5) is 21.9. The van der Waals surface area contributed by atoms with Gasteiger partial charge in [0.2, 0.25) is 5.95 Å². The maximum atomic E-state index is 10.9. The Hall–Kier alpha value is -2.63. The first-order valence-corrected chi connectivity index (χ1v) is 7.82. The minimum Gasteiger partial charge on any atom is -0.478 e. The van der Waals surface area contributed by atoms with Gasteiger partial charge in [0.1, 0.15) is 5.82 Å². The molecule has 0 aliphatic rings. The molecule has 1 aromatic carbocycles. The van der Waals surface area contributed by atoms with Crippen LogP contribution in [0.25, 0.3) is 0 Å². The summed E-state index contributed by atoms with van der Waals surface area (Å²) in [5, 5.41) is 12.1. The summed E-state index contributed by atoms with van der Waals surface area (Å²) in [7, 11) is 0. The molecule has 0 saturated carbocycles. The van der Waals surface area contributed by atoms with Gasteiger partial charge in [0.05, 0.1) is 5.56 Å². The van der Waals surface area contributed by atoms with Crippen LogP contribution in [0.15, 0.2) is 36.5 Å². The molecule has 2 rings (SSSR count). The highest BCUT2D eigenvalue weighted by atomic mass is 16.4. The second kappa shape index (κ2) is 8.12. The third-order valence-corrected chi connectivity index (χ3v) is 3.32. The molecule has 1 aromatic heterocycles. The summed E-state index contributed by atoms with van der Waals surface area (Å²) in [5.74, 6) is 0.465. The van der Waals surface area contributed by atoms with E-state index in [9.17, 15) is 4.79 Å². The number of aromatic nitrogens is 2. The van der Waals surface area contributed by atoms with Crippen molar-refractivity contribution in [1.29, 1.82) is 0 Å². The number of carboxylic acids is 1. The third kappa shape index (κ3) is 4.67. The van der Waals surface area contributed by atoms with E-state index in [1.165, 1.54) is 0 Å². The van der Waals surface area contributed by atoms with Crippen LogP contribution >= 0.6 is 0 Å². The highest BCUT2D eigenvalue weighted by Crippen LogP contribution is 2.17. The molecule has 0 aliphatic carbocycles. The molecule has 0 amide bonds. The van der Waals surface area contributed by atoms with Crippen molar-refractivity contribution in [3.63, 3.8) is 0 Å². The van der Waals surface area contributed by atoms with Crippen LogP contribution in [0, 0.1) is 0 Å². The molecule has 0 atom stereocenters. The van der Waals surface area contributed by atoms with Gasteiger partial charge in [-0.25, -0.2) is 9.78 Å². The lowest BCUT2D eigenvalue weighted by atomic mass is 10.2. The molecular weight excluding hydrogens is 292 g/mol. The molecule has 6 heteroatoms. The van der Waals surface area contributed by atoms with Gasteiger partial charge >= 0.3 is 5.97 Å². The average Bonchev–Trinajstić information content (AvgIpc) is 2.55. The van der Waals surface area contributed by atoms with Gasteiger partial charge in [-0.05, 0) is 43.2 Å². The number of hydrogen-bond donors (Lipinski definition) is 2. The molecule has 0 fully saturated rings. The van der Waals surface area contributed by atoms with Gasteiger partial charge in [0, 0.05) is 25.0 Å². The number of hydrogen-bond acceptors (Lipinski definition) is 5. The van der Waals surface area contributed by atoms with Gasteiger partial charge in [-0.3, -0.25) is 0 Å². The summed E-state index contributed by atoms with van der Waals surface area (Å²) in [6.07, 6.45) is 3.81. The summed E-state index contributed by atoms with van der Waals surface area (Å²) < 4.78 is 0. The standard InChI is InChI=1S/C17H22N4O2/c1-3-11-21(12-4-2)17-18-10-9-15(20-17)19-14-7-5-13(6-8-14)16(22)23/h5-10H,3-4,11-12H2,1-2H3,(H,22,23)(H,18,19,20). The number of nitrogens with one attached hydrogen (secondary N) is 1. The summed E-state index contributed by atoms with van der Waals surface area (Å²) >= 11 is 0. The van der Waals surface area contributed by atoms with Crippen molar-refractivity contribution < 1.29 is 9.90 Å². The minimum absolute atomic E-state index is 0.260. The quantitative estimate of drug-likeness (QED) is 0.776. The Balaban J connectivity index is 2.14. The predicted octanol–water partition coefficient (Wildman–Crippen LogP) is 3.54. The molecule has 0 radical (unpaired) electrons. The van der Waals surface area contributed by atoms with Crippen molar-refractivity contribution in [2.75, 3.05) is 23.3 Å². The molecule has 1 heterocycles. The Labute approximate surface area is 136 Å². The predicted molar refractivity (Wildman–Crippen MR) is 91.5 cm³/mol. The van der Waals surface area contributed by atoms with E-state index in [-0.39, 0.29) is 5.56 Å². The Kier molecular flexibility index (Phi) is 5.91. The fourth-order valence-electron chi connectivity index (χ4n) is 2.27. The van der Waals surface area contributed by atoms with Gasteiger partial charge in [-0.15, -0.1) is 0 Å². The summed E-state index contributed by atoms with van der Waals surface area (Å²) in [5.41, 5.74) is 1.05. The Morgan fingerprint density at radius 2 is 1.78 bits per heavy atom. The SMILES string of the molecule is CCCN(CCC)c1nccc(Nc2ccc(C(=O)O)cc2)n1. The lowest BCUT2D eigenvalue weighted by molar-refractivity contribution is 0.0697. The zero-order valence-corrected chi connectivity index (χ0v) is 13.5. The highest BCUT2D eigenvalue weighted by molar-refractivity contribution is 5.88. The van der Waals surface area contributed by atoms with E-state index in [1.807, 2.05) is 0 Å². The lowest BCUT2D eigenvalue weighted by Gasteiger charge is -2.21. The van der Waals surface area contributed by atoms with E-state index in [0.717, 1.165) is 31.6 Å². The van der Waals surface area contributed by atoms with Crippen LogP contribution < -0.4 is 10.2 Å². The van der Waals surface area contributed by atoms with Crippen LogP contribution in [-0.2, 0) is 0 Å². The van der Waals surface area contributed by atoms with Gasteiger partial charge in [0.25, 0.3) is 0 Å². The molecule has 2 aromatic rings. The zero-order chi connectivity index (χ0) is 16.7. The molecule has 0 unspecified atom stereocenters. The normalized spacial score (nSPS) is 10.3. The number of benzene rings is 1. The van der Waals surface area contributed by atoms with Crippen LogP contribution in [0.2, 0.25) is 0 Å². The van der Waals surface area contributed by atoms with Gasteiger partial charge in [-0.2, -0.15) is 4.98 Å². The van der Waals surface area contributed by atoms with Crippen LogP contribution in [0.3, 0.4) is 0 Å². The molecule has 0 aliphatic heterocycles. The molecule has 23 heavy (non-hydrogen) atoms. The van der Waals surface area contributed by atoms with Gasteiger partial charge < -0.3 is 15.3 Å². The second-order valence-electron chi connectivity index (χ2n) is 5.24. The van der Waals surface area contributed by atoms with Crippen molar-refractivity contribution in [3.8, 4) is 0 Å². The molecule has 6 nitrogen and oxygen atoms in total. The van der Waals surface area contributed by atoms with Crippen molar-refractivity contribution >= 4 is 23.4 Å². The number of nitrogens with zero attached hydrogens (tertiary/aromatic N) is 3. The summed E-state index contributed by atoms with van der Waals surface area (Å²) in [6, 6.07) is 8.37. The van der Waals surface area contributed by atoms with Crippen molar-refractivity contribution in [1.82, 2.24) is 9.97 Å². The first-order valence-electron chi connectivity index (χ1n) is 7.82. The number of rotatable bonds is 8. The Morgan fingerprint density at radius 3 is 2.35 bits per heavy atom. The van der Waals surface area contributed by atoms with Crippen LogP contribution in [0.4, 0.5) is 17.5 Å². The van der Waals surface area contributed by atoms with Gasteiger partial charge in [0.15, 0.2) is 0 Å². The first-order chi connectivity index (χ1) is 11.1. The van der Waals surface area contributed by atoms with E-state index in [4.69, 9.17) is 5.11 Å². The molecule has 2 N–H and O–H groups in total. The fraction of sp³-hybridized carbons (Fsp3) is 0.353. The molecule has 122 valence electrons. The first kappa shape index (κ1) is 16.7. The summed E-state index contributed by atoms with van der Waals surface area (Å²) in [6.45, 7) is 6.11. The molecule has 0 spiro atoms. The van der Waals surface area contributed by atoms with E-state index in [2.05, 4.69) is 34.0 Å². The smallest absolute Gasteiger partial charge is 0.335 e. The van der Waals surface area contributed by atoms with Crippen molar-refractivity contribution in [3.05, 3.63) is 42.1 Å². The molecule has 0 saturated heterocycles. The third-order valence-electron chi connectivity index (χ3n) is 3.32. The van der Waals surface area contributed by atoms with Crippen molar-refractivity contribution in [2.45, 2.75) is 26.7 Å². The highest BCUT2D eigenvalue weighted by Gasteiger charge is 2.09.